The number of carbonyl (C=O) groups is 1. The molecule has 8 heteroatoms. The number of benzene rings is 2. The first-order valence-electron chi connectivity index (χ1n) is 8.50. The molecule has 1 aliphatic heterocycles. The second-order valence-electron chi connectivity index (χ2n) is 6.50. The maximum Gasteiger partial charge on any atom is 0.244 e. The number of nitrogens with zero attached hydrogens (tertiary/aromatic N) is 1. The fourth-order valence-corrected chi connectivity index (χ4v) is 4.54. The van der Waals surface area contributed by atoms with Crippen LogP contribution in [0.1, 0.15) is 17.5 Å². The number of aryl methyl sites for hydroxylation is 1. The highest BCUT2D eigenvalue weighted by Gasteiger charge is 2.35. The summed E-state index contributed by atoms with van der Waals surface area (Å²) in [7, 11) is -2.52. The molecule has 144 valence electrons. The molecule has 0 radical (unpaired) electrons. The summed E-state index contributed by atoms with van der Waals surface area (Å²) in [5.41, 5.74) is 1.56. The van der Waals surface area contributed by atoms with E-state index >= 15 is 0 Å². The lowest BCUT2D eigenvalue weighted by atomic mass is 10.2. The SMILES string of the molecule is COc1ccc(C)cc1S(=O)(=O)NC1CCN(Cc2ccc(F)cc2)C1=O. The molecule has 2 aromatic rings. The highest BCUT2D eigenvalue weighted by Crippen LogP contribution is 2.26. The highest BCUT2D eigenvalue weighted by atomic mass is 32.2. The van der Waals surface area contributed by atoms with E-state index in [1.54, 1.807) is 36.1 Å². The summed E-state index contributed by atoms with van der Waals surface area (Å²) < 4.78 is 46.2. The smallest absolute Gasteiger partial charge is 0.244 e. The Bertz CT molecular complexity index is 945. The number of halogens is 1. The van der Waals surface area contributed by atoms with Crippen LogP contribution in [0.2, 0.25) is 0 Å². The van der Waals surface area contributed by atoms with E-state index in [1.165, 1.54) is 25.3 Å². The fraction of sp³-hybridized carbons (Fsp3) is 0.316. The van der Waals surface area contributed by atoms with Crippen molar-refractivity contribution in [2.24, 2.45) is 0 Å². The fourth-order valence-electron chi connectivity index (χ4n) is 3.06. The summed E-state index contributed by atoms with van der Waals surface area (Å²) in [6.07, 6.45) is 0.368. The van der Waals surface area contributed by atoms with E-state index in [1.807, 2.05) is 0 Å². The predicted molar refractivity (Wildman–Crippen MR) is 98.3 cm³/mol. The van der Waals surface area contributed by atoms with Crippen LogP contribution in [0.4, 0.5) is 4.39 Å². The number of hydrogen-bond acceptors (Lipinski definition) is 4. The lowest BCUT2D eigenvalue weighted by molar-refractivity contribution is -0.129. The second kappa shape index (κ2) is 7.66. The van der Waals surface area contributed by atoms with Crippen molar-refractivity contribution in [3.05, 3.63) is 59.4 Å². The molecule has 27 heavy (non-hydrogen) atoms. The van der Waals surface area contributed by atoms with Crippen molar-refractivity contribution in [3.8, 4) is 5.75 Å². The number of hydrogen-bond donors (Lipinski definition) is 1. The minimum atomic E-state index is -3.92. The van der Waals surface area contributed by atoms with E-state index in [9.17, 15) is 17.6 Å². The Labute approximate surface area is 158 Å². The maximum absolute atomic E-state index is 13.0. The molecule has 1 atom stereocenters. The van der Waals surface area contributed by atoms with Crippen LogP contribution in [-0.4, -0.2) is 38.9 Å². The van der Waals surface area contributed by atoms with E-state index in [-0.39, 0.29) is 22.4 Å². The molecule has 1 heterocycles. The molecule has 0 aromatic heterocycles. The van der Waals surface area contributed by atoms with Gasteiger partial charge in [-0.2, -0.15) is 4.72 Å². The number of ether oxygens (including phenoxy) is 1. The van der Waals surface area contributed by atoms with Crippen molar-refractivity contribution < 1.29 is 22.3 Å². The van der Waals surface area contributed by atoms with Crippen molar-refractivity contribution >= 4 is 15.9 Å². The molecule has 1 fully saturated rings. The molecule has 0 bridgehead atoms. The zero-order valence-corrected chi connectivity index (χ0v) is 15.9. The van der Waals surface area contributed by atoms with E-state index < -0.39 is 16.1 Å². The first-order chi connectivity index (χ1) is 12.8. The molecule has 1 N–H and O–H groups in total. The molecule has 0 saturated carbocycles. The van der Waals surface area contributed by atoms with Gasteiger partial charge in [0.2, 0.25) is 15.9 Å². The van der Waals surface area contributed by atoms with Crippen molar-refractivity contribution in [1.29, 1.82) is 0 Å². The van der Waals surface area contributed by atoms with E-state index in [4.69, 9.17) is 4.74 Å². The molecule has 0 aliphatic carbocycles. The van der Waals surface area contributed by atoms with Crippen LogP contribution in [0.3, 0.4) is 0 Å². The minimum Gasteiger partial charge on any atom is -0.495 e. The molecule has 1 amide bonds. The Morgan fingerprint density at radius 2 is 1.93 bits per heavy atom. The Kier molecular flexibility index (Phi) is 5.48. The number of sulfonamides is 1. The molecule has 1 unspecified atom stereocenters. The van der Waals surface area contributed by atoms with Gasteiger partial charge in [-0.25, -0.2) is 12.8 Å². The molecule has 3 rings (SSSR count). The lowest BCUT2D eigenvalue weighted by Gasteiger charge is -2.18. The zero-order chi connectivity index (χ0) is 19.6. The van der Waals surface area contributed by atoms with Gasteiger partial charge < -0.3 is 9.64 Å². The summed E-state index contributed by atoms with van der Waals surface area (Å²) in [5, 5.41) is 0. The van der Waals surface area contributed by atoms with Gasteiger partial charge in [0, 0.05) is 13.1 Å². The molecular weight excluding hydrogens is 371 g/mol. The predicted octanol–water partition coefficient (Wildman–Crippen LogP) is 2.22. The number of likely N-dealkylation sites (tertiary alicyclic amines) is 1. The van der Waals surface area contributed by atoms with E-state index in [2.05, 4.69) is 4.72 Å². The summed E-state index contributed by atoms with van der Waals surface area (Å²) in [4.78, 5) is 14.2. The van der Waals surface area contributed by atoms with Crippen LogP contribution >= 0.6 is 0 Å². The van der Waals surface area contributed by atoms with Crippen LogP contribution < -0.4 is 9.46 Å². The highest BCUT2D eigenvalue weighted by molar-refractivity contribution is 7.89. The van der Waals surface area contributed by atoms with Crippen LogP contribution in [0.15, 0.2) is 47.4 Å². The van der Waals surface area contributed by atoms with Gasteiger partial charge >= 0.3 is 0 Å². The van der Waals surface area contributed by atoms with E-state index in [0.29, 0.717) is 19.5 Å². The molecular formula is C19H21FN2O4S. The maximum atomic E-state index is 13.0. The minimum absolute atomic E-state index is 0.00906. The van der Waals surface area contributed by atoms with Crippen molar-refractivity contribution in [1.82, 2.24) is 9.62 Å². The molecule has 6 nitrogen and oxygen atoms in total. The van der Waals surface area contributed by atoms with Crippen molar-refractivity contribution in [3.63, 3.8) is 0 Å². The third kappa shape index (κ3) is 4.28. The lowest BCUT2D eigenvalue weighted by Crippen LogP contribution is -2.41. The second-order valence-corrected chi connectivity index (χ2v) is 8.19. The number of methoxy groups -OCH3 is 1. The summed E-state index contributed by atoms with van der Waals surface area (Å²) in [5.74, 6) is -0.416. The van der Waals surface area contributed by atoms with Gasteiger partial charge in [-0.1, -0.05) is 18.2 Å². The van der Waals surface area contributed by atoms with Gasteiger partial charge in [-0.3, -0.25) is 4.79 Å². The van der Waals surface area contributed by atoms with Gasteiger partial charge in [0.1, 0.15) is 22.5 Å². The Hall–Kier alpha value is -2.45. The number of amides is 1. The summed E-state index contributed by atoms with van der Waals surface area (Å²) >= 11 is 0. The third-order valence-corrected chi connectivity index (χ3v) is 5.98. The van der Waals surface area contributed by atoms with Gasteiger partial charge in [-0.15, -0.1) is 0 Å². The van der Waals surface area contributed by atoms with Crippen molar-refractivity contribution in [2.45, 2.75) is 30.8 Å². The molecule has 0 spiro atoms. The first kappa shape index (κ1) is 19.3. The van der Waals surface area contributed by atoms with Gasteiger partial charge in [-0.05, 0) is 48.7 Å². The van der Waals surface area contributed by atoms with Gasteiger partial charge in [0.25, 0.3) is 0 Å². The quantitative estimate of drug-likeness (QED) is 0.818. The average molecular weight is 392 g/mol. The normalized spacial score (nSPS) is 17.4. The summed E-state index contributed by atoms with van der Waals surface area (Å²) in [6, 6.07) is 9.90. The monoisotopic (exact) mass is 392 g/mol. The summed E-state index contributed by atoms with van der Waals surface area (Å²) in [6.45, 7) is 2.52. The average Bonchev–Trinajstić information content (AvgIpc) is 2.96. The largest absolute Gasteiger partial charge is 0.495 e. The molecule has 1 saturated heterocycles. The third-order valence-electron chi connectivity index (χ3n) is 4.49. The first-order valence-corrected chi connectivity index (χ1v) is 9.98. The number of nitrogens with one attached hydrogen (secondary N) is 1. The Morgan fingerprint density at radius 1 is 1.22 bits per heavy atom. The zero-order valence-electron chi connectivity index (χ0n) is 15.1. The van der Waals surface area contributed by atoms with Crippen LogP contribution in [0, 0.1) is 12.7 Å². The number of carbonyl (C=O) groups excluding carboxylic acids is 1. The Morgan fingerprint density at radius 3 is 2.59 bits per heavy atom. The van der Waals surface area contributed by atoms with Crippen LogP contribution in [0.25, 0.3) is 0 Å². The van der Waals surface area contributed by atoms with Crippen molar-refractivity contribution in [2.75, 3.05) is 13.7 Å². The molecule has 2 aromatic carbocycles. The topological polar surface area (TPSA) is 75.7 Å². The molecule has 1 aliphatic rings. The van der Waals surface area contributed by atoms with Gasteiger partial charge in [0.05, 0.1) is 7.11 Å². The van der Waals surface area contributed by atoms with E-state index in [0.717, 1.165) is 11.1 Å². The van der Waals surface area contributed by atoms with Crippen LogP contribution in [-0.2, 0) is 21.4 Å². The Balaban J connectivity index is 1.73. The van der Waals surface area contributed by atoms with Gasteiger partial charge in [0.15, 0.2) is 0 Å². The van der Waals surface area contributed by atoms with Crippen LogP contribution in [0.5, 0.6) is 5.75 Å². The standard InChI is InChI=1S/C19H21FN2O4S/c1-13-3-8-17(26-2)18(11-13)27(24,25)21-16-9-10-22(19(16)23)12-14-4-6-15(20)7-5-14/h3-8,11,16,21H,9-10,12H2,1-2H3. The number of rotatable bonds is 6.